The fraction of sp³-hybridized carbons (Fsp3) is 0.200. The van der Waals surface area contributed by atoms with Crippen LogP contribution in [0.25, 0.3) is 0 Å². The van der Waals surface area contributed by atoms with Gasteiger partial charge >= 0.3 is 0 Å². The third-order valence-electron chi connectivity index (χ3n) is 3.68. The highest BCUT2D eigenvalue weighted by Crippen LogP contribution is 2.17. The number of hydrogen-bond donors (Lipinski definition) is 2. The predicted molar refractivity (Wildman–Crippen MR) is 96.7 cm³/mol. The molecule has 2 N–H and O–H groups in total. The number of carbonyl (C=O) groups excluding carboxylic acids is 2. The number of carbonyl (C=O) groups is 2. The summed E-state index contributed by atoms with van der Waals surface area (Å²) in [6.07, 6.45) is 3.26. The van der Waals surface area contributed by atoms with Crippen molar-refractivity contribution in [2.45, 2.75) is 24.9 Å². The maximum absolute atomic E-state index is 12.7. The van der Waals surface area contributed by atoms with Crippen LogP contribution in [0.5, 0.6) is 0 Å². The van der Waals surface area contributed by atoms with Gasteiger partial charge in [-0.25, -0.2) is 0 Å². The Kier molecular flexibility index (Phi) is 6.77. The van der Waals surface area contributed by atoms with E-state index in [1.54, 1.807) is 6.08 Å². The van der Waals surface area contributed by atoms with Crippen molar-refractivity contribution in [3.8, 4) is 0 Å². The van der Waals surface area contributed by atoms with E-state index in [1.165, 1.54) is 0 Å². The molecule has 0 aliphatic carbocycles. The van der Waals surface area contributed by atoms with Gasteiger partial charge in [0.1, 0.15) is 12.3 Å². The molecule has 0 aliphatic heterocycles. The minimum atomic E-state index is -0.442. The van der Waals surface area contributed by atoms with E-state index < -0.39 is 6.04 Å². The Labute approximate surface area is 142 Å². The van der Waals surface area contributed by atoms with Crippen LogP contribution >= 0.6 is 0 Å². The van der Waals surface area contributed by atoms with Gasteiger partial charge in [-0.05, 0) is 24.1 Å². The lowest BCUT2D eigenvalue weighted by Gasteiger charge is -2.22. The molecule has 0 saturated heterocycles. The van der Waals surface area contributed by atoms with Gasteiger partial charge in [0.05, 0.1) is 6.04 Å². The predicted octanol–water partition coefficient (Wildman–Crippen LogP) is 3.49. The molecule has 0 radical (unpaired) electrons. The minimum absolute atomic E-state index is 0.158. The smallest absolute Gasteiger partial charge is 0.243 e. The Morgan fingerprint density at radius 3 is 2.21 bits per heavy atom. The molecule has 0 spiro atoms. The van der Waals surface area contributed by atoms with Gasteiger partial charge < -0.3 is 15.4 Å². The number of hydrogen-bond acceptors (Lipinski definition) is 3. The molecule has 4 heteroatoms. The molecule has 1 amide bonds. The van der Waals surface area contributed by atoms with Crippen molar-refractivity contribution in [2.24, 2.45) is 0 Å². The molecule has 0 unspecified atom stereocenters. The number of aldehydes is 1. The number of amides is 1. The monoisotopic (exact) mass is 322 g/mol. The molecule has 2 rings (SSSR count). The second-order valence-electron chi connectivity index (χ2n) is 5.46. The van der Waals surface area contributed by atoms with Crippen molar-refractivity contribution in [2.75, 3.05) is 5.32 Å². The molecule has 4 nitrogen and oxygen atoms in total. The molecule has 0 saturated carbocycles. The van der Waals surface area contributed by atoms with Crippen LogP contribution in [-0.2, 0) is 9.59 Å². The summed E-state index contributed by atoms with van der Waals surface area (Å²) >= 11 is 0. The number of anilines is 1. The van der Waals surface area contributed by atoms with E-state index in [9.17, 15) is 9.59 Å². The van der Waals surface area contributed by atoms with E-state index in [2.05, 4.69) is 17.2 Å². The molecular weight excluding hydrogens is 300 g/mol. The van der Waals surface area contributed by atoms with Gasteiger partial charge in [0.25, 0.3) is 0 Å². The Morgan fingerprint density at radius 2 is 1.62 bits per heavy atom. The van der Waals surface area contributed by atoms with Crippen LogP contribution in [0.1, 0.15) is 24.4 Å². The van der Waals surface area contributed by atoms with Gasteiger partial charge in [-0.3, -0.25) is 4.79 Å². The molecular formula is C20H22N2O2. The average Bonchev–Trinajstić information content (AvgIpc) is 2.62. The molecule has 124 valence electrons. The van der Waals surface area contributed by atoms with Crippen LogP contribution in [0.3, 0.4) is 0 Å². The molecule has 24 heavy (non-hydrogen) atoms. The van der Waals surface area contributed by atoms with Crippen LogP contribution in [0.2, 0.25) is 0 Å². The Morgan fingerprint density at radius 1 is 1.00 bits per heavy atom. The van der Waals surface area contributed by atoms with Crippen molar-refractivity contribution in [1.29, 1.82) is 0 Å². The highest BCUT2D eigenvalue weighted by atomic mass is 16.2. The fourth-order valence-electron chi connectivity index (χ4n) is 2.47. The van der Waals surface area contributed by atoms with Gasteiger partial charge in [0.2, 0.25) is 5.91 Å². The first-order valence-electron chi connectivity index (χ1n) is 7.96. The third kappa shape index (κ3) is 5.09. The summed E-state index contributed by atoms with van der Waals surface area (Å²) in [4.78, 5) is 23.6. The zero-order chi connectivity index (χ0) is 17.2. The lowest BCUT2D eigenvalue weighted by Crippen LogP contribution is -2.41. The summed E-state index contributed by atoms with van der Waals surface area (Å²) in [6.45, 7) is 3.72. The van der Waals surface area contributed by atoms with E-state index >= 15 is 0 Å². The van der Waals surface area contributed by atoms with Crippen molar-refractivity contribution < 1.29 is 9.59 Å². The van der Waals surface area contributed by atoms with Crippen molar-refractivity contribution in [1.82, 2.24) is 5.32 Å². The molecule has 0 aliphatic rings. The van der Waals surface area contributed by atoms with Gasteiger partial charge in [-0.15, -0.1) is 6.58 Å². The highest BCUT2D eigenvalue weighted by Gasteiger charge is 2.21. The van der Waals surface area contributed by atoms with Crippen LogP contribution < -0.4 is 10.6 Å². The molecule has 0 bridgehead atoms. The standard InChI is InChI=1S/C20H22N2O2/c1-2-9-19(21-17-12-7-4-8-13-17)20(24)22-18(14-15-23)16-10-5-3-6-11-16/h2-8,10-13,15,18-19,21H,1,9,14H2,(H,22,24)/t18-,19+/m1/s1. The molecule has 0 aromatic heterocycles. The normalized spacial score (nSPS) is 12.7. The topological polar surface area (TPSA) is 58.2 Å². The van der Waals surface area contributed by atoms with Crippen LogP contribution in [0.15, 0.2) is 73.3 Å². The first-order valence-corrected chi connectivity index (χ1v) is 7.96. The minimum Gasteiger partial charge on any atom is -0.373 e. The van der Waals surface area contributed by atoms with Gasteiger partial charge in [-0.1, -0.05) is 54.6 Å². The molecule has 2 aromatic rings. The SMILES string of the molecule is C=CC[C@H](Nc1ccccc1)C(=O)N[C@H](CC=O)c1ccccc1. The lowest BCUT2D eigenvalue weighted by molar-refractivity contribution is -0.122. The number of rotatable bonds is 9. The van der Waals surface area contributed by atoms with Crippen molar-refractivity contribution in [3.05, 3.63) is 78.9 Å². The fourth-order valence-corrected chi connectivity index (χ4v) is 2.47. The average molecular weight is 322 g/mol. The molecule has 0 heterocycles. The highest BCUT2D eigenvalue weighted by molar-refractivity contribution is 5.85. The summed E-state index contributed by atoms with van der Waals surface area (Å²) < 4.78 is 0. The number of para-hydroxylation sites is 1. The van der Waals surface area contributed by atoms with E-state index in [1.807, 2.05) is 60.7 Å². The maximum atomic E-state index is 12.7. The van der Waals surface area contributed by atoms with Crippen molar-refractivity contribution in [3.63, 3.8) is 0 Å². The summed E-state index contributed by atoms with van der Waals surface area (Å²) in [7, 11) is 0. The zero-order valence-electron chi connectivity index (χ0n) is 13.5. The number of nitrogens with one attached hydrogen (secondary N) is 2. The molecule has 2 aromatic carbocycles. The molecule has 0 fully saturated rings. The number of benzene rings is 2. The lowest BCUT2D eigenvalue weighted by atomic mass is 10.0. The van der Waals surface area contributed by atoms with E-state index in [4.69, 9.17) is 0 Å². The van der Waals surface area contributed by atoms with Crippen molar-refractivity contribution >= 4 is 17.9 Å². The summed E-state index contributed by atoms with van der Waals surface area (Å²) in [5.41, 5.74) is 1.78. The summed E-state index contributed by atoms with van der Waals surface area (Å²) in [5.74, 6) is -0.158. The van der Waals surface area contributed by atoms with Gasteiger partial charge in [0.15, 0.2) is 0 Å². The third-order valence-corrected chi connectivity index (χ3v) is 3.68. The van der Waals surface area contributed by atoms with Gasteiger partial charge in [-0.2, -0.15) is 0 Å². The summed E-state index contributed by atoms with van der Waals surface area (Å²) in [5, 5.41) is 6.17. The largest absolute Gasteiger partial charge is 0.373 e. The second-order valence-corrected chi connectivity index (χ2v) is 5.46. The van der Waals surface area contributed by atoms with Crippen LogP contribution in [0, 0.1) is 0 Å². The quantitative estimate of drug-likeness (QED) is 0.549. The van der Waals surface area contributed by atoms with Crippen LogP contribution in [-0.4, -0.2) is 18.2 Å². The Bertz CT molecular complexity index is 656. The Hall–Kier alpha value is -2.88. The van der Waals surface area contributed by atoms with E-state index in [-0.39, 0.29) is 18.4 Å². The molecule has 2 atom stereocenters. The van der Waals surface area contributed by atoms with Gasteiger partial charge in [0, 0.05) is 12.1 Å². The first-order chi connectivity index (χ1) is 11.7. The summed E-state index contributed by atoms with van der Waals surface area (Å²) in [6, 6.07) is 18.3. The zero-order valence-corrected chi connectivity index (χ0v) is 13.5. The Balaban J connectivity index is 2.10. The maximum Gasteiger partial charge on any atom is 0.243 e. The first kappa shape index (κ1) is 17.5. The van der Waals surface area contributed by atoms with E-state index in [0.717, 1.165) is 17.5 Å². The van der Waals surface area contributed by atoms with Crippen LogP contribution in [0.4, 0.5) is 5.69 Å². The second kappa shape index (κ2) is 9.30. The van der Waals surface area contributed by atoms with E-state index in [0.29, 0.717) is 6.42 Å².